The first-order chi connectivity index (χ1) is 4.16. The Morgan fingerprint density at radius 1 is 1.44 bits per heavy atom. The maximum atomic E-state index is 8.18. The second-order valence-electron chi connectivity index (χ2n) is 1.98. The van der Waals surface area contributed by atoms with Crippen LogP contribution in [0.5, 0.6) is 0 Å². The highest BCUT2D eigenvalue weighted by atomic mass is 14.6. The van der Waals surface area contributed by atoms with Crippen LogP contribution in [0.1, 0.15) is 13.8 Å². The molecule has 0 rings (SSSR count). The monoisotopic (exact) mass is 122 g/mol. The second-order valence-corrected chi connectivity index (χ2v) is 1.98. The Morgan fingerprint density at radius 3 is 2.33 bits per heavy atom. The van der Waals surface area contributed by atoms with E-state index in [0.717, 1.165) is 5.57 Å². The first kappa shape index (κ1) is 7.77. The van der Waals surface area contributed by atoms with Gasteiger partial charge in [-0.05, 0) is 19.9 Å². The van der Waals surface area contributed by atoms with E-state index in [0.29, 0.717) is 0 Å². The van der Waals surface area contributed by atoms with E-state index in [-0.39, 0.29) is 5.70 Å². The number of allylic oxidation sites excluding steroid dienone is 4. The molecule has 0 aliphatic carbocycles. The van der Waals surface area contributed by atoms with Crippen LogP contribution < -0.4 is 5.73 Å². The zero-order valence-electron chi connectivity index (χ0n) is 5.68. The summed E-state index contributed by atoms with van der Waals surface area (Å²) in [6.45, 7) is 3.89. The standard InChI is InChI=1S/C7H10N2/c1-6(2)3-4-7(9)5-8/h3-4H,9H2,1-2H3/b7-4-. The molecule has 2 nitrogen and oxygen atoms in total. The van der Waals surface area contributed by atoms with Crippen molar-refractivity contribution >= 4 is 0 Å². The Labute approximate surface area is 55.3 Å². The van der Waals surface area contributed by atoms with E-state index in [1.807, 2.05) is 19.9 Å². The summed E-state index contributed by atoms with van der Waals surface area (Å²) >= 11 is 0. The molecule has 0 fully saturated rings. The average Bonchev–Trinajstić information content (AvgIpc) is 1.83. The largest absolute Gasteiger partial charge is 0.390 e. The molecule has 0 radical (unpaired) electrons. The number of nitrogens with two attached hydrogens (primary N) is 1. The minimum absolute atomic E-state index is 0.246. The average molecular weight is 122 g/mol. The van der Waals surface area contributed by atoms with Crippen molar-refractivity contribution in [1.82, 2.24) is 0 Å². The molecular weight excluding hydrogens is 112 g/mol. The lowest BCUT2D eigenvalue weighted by Crippen LogP contribution is -1.90. The van der Waals surface area contributed by atoms with Gasteiger partial charge in [-0.1, -0.05) is 11.6 Å². The summed E-state index contributed by atoms with van der Waals surface area (Å²) in [5, 5.41) is 8.18. The first-order valence-corrected chi connectivity index (χ1v) is 2.67. The highest BCUT2D eigenvalue weighted by Gasteiger charge is 1.78. The Morgan fingerprint density at radius 2 is 2.00 bits per heavy atom. The zero-order valence-corrected chi connectivity index (χ0v) is 5.68. The zero-order chi connectivity index (χ0) is 7.28. The molecule has 0 aliphatic rings. The number of hydrogen-bond acceptors (Lipinski definition) is 2. The molecule has 0 amide bonds. The normalized spacial score (nSPS) is 10.1. The second kappa shape index (κ2) is 3.73. The summed E-state index contributed by atoms with van der Waals surface area (Å²) in [5.41, 5.74) is 6.56. The minimum atomic E-state index is 0.246. The molecule has 0 aromatic rings. The van der Waals surface area contributed by atoms with Crippen LogP contribution in [0.15, 0.2) is 23.4 Å². The Hall–Kier alpha value is -1.23. The van der Waals surface area contributed by atoms with Crippen molar-refractivity contribution < 1.29 is 0 Å². The fraction of sp³-hybridized carbons (Fsp3) is 0.286. The van der Waals surface area contributed by atoms with E-state index < -0.39 is 0 Å². The molecule has 2 N–H and O–H groups in total. The predicted molar refractivity (Wildman–Crippen MR) is 37.3 cm³/mol. The van der Waals surface area contributed by atoms with Crippen molar-refractivity contribution in [3.63, 3.8) is 0 Å². The third-order valence-electron chi connectivity index (χ3n) is 0.725. The predicted octanol–water partition coefficient (Wildman–Crippen LogP) is 1.32. The van der Waals surface area contributed by atoms with Gasteiger partial charge in [-0.3, -0.25) is 0 Å². The van der Waals surface area contributed by atoms with Gasteiger partial charge in [0.25, 0.3) is 0 Å². The van der Waals surface area contributed by atoms with E-state index in [9.17, 15) is 0 Å². The summed E-state index contributed by atoms with van der Waals surface area (Å²) in [5.74, 6) is 0. The topological polar surface area (TPSA) is 49.8 Å². The Balaban J connectivity index is 4.03. The molecule has 0 saturated heterocycles. The number of rotatable bonds is 1. The van der Waals surface area contributed by atoms with E-state index in [1.165, 1.54) is 0 Å². The molecule has 2 heteroatoms. The van der Waals surface area contributed by atoms with Crippen LogP contribution in [-0.4, -0.2) is 0 Å². The van der Waals surface area contributed by atoms with Crippen LogP contribution in [0.2, 0.25) is 0 Å². The van der Waals surface area contributed by atoms with Crippen molar-refractivity contribution in [3.8, 4) is 6.07 Å². The lowest BCUT2D eigenvalue weighted by molar-refractivity contribution is 1.35. The van der Waals surface area contributed by atoms with Crippen molar-refractivity contribution in [2.45, 2.75) is 13.8 Å². The fourth-order valence-electron chi connectivity index (χ4n) is 0.294. The minimum Gasteiger partial charge on any atom is -0.390 e. The van der Waals surface area contributed by atoms with Crippen LogP contribution >= 0.6 is 0 Å². The van der Waals surface area contributed by atoms with Gasteiger partial charge in [0.1, 0.15) is 11.8 Å². The Bertz CT molecular complexity index is 178. The van der Waals surface area contributed by atoms with Crippen LogP contribution in [0, 0.1) is 11.3 Å². The van der Waals surface area contributed by atoms with E-state index >= 15 is 0 Å². The lowest BCUT2D eigenvalue weighted by Gasteiger charge is -1.82. The van der Waals surface area contributed by atoms with Crippen LogP contribution in [-0.2, 0) is 0 Å². The van der Waals surface area contributed by atoms with E-state index in [4.69, 9.17) is 11.0 Å². The molecule has 0 saturated carbocycles. The molecular formula is C7H10N2. The molecule has 0 spiro atoms. The molecule has 9 heavy (non-hydrogen) atoms. The van der Waals surface area contributed by atoms with Gasteiger partial charge in [-0.25, -0.2) is 0 Å². The maximum absolute atomic E-state index is 8.18. The van der Waals surface area contributed by atoms with Gasteiger partial charge in [0, 0.05) is 0 Å². The lowest BCUT2D eigenvalue weighted by atomic mass is 10.3. The summed E-state index contributed by atoms with van der Waals surface area (Å²) in [6, 6.07) is 1.81. The van der Waals surface area contributed by atoms with Crippen LogP contribution in [0.4, 0.5) is 0 Å². The van der Waals surface area contributed by atoms with Crippen LogP contribution in [0.3, 0.4) is 0 Å². The quantitative estimate of drug-likeness (QED) is 0.421. The van der Waals surface area contributed by atoms with Crippen LogP contribution in [0.25, 0.3) is 0 Å². The van der Waals surface area contributed by atoms with Crippen molar-refractivity contribution in [2.24, 2.45) is 5.73 Å². The smallest absolute Gasteiger partial charge is 0.117 e. The van der Waals surface area contributed by atoms with E-state index in [1.54, 1.807) is 12.2 Å². The third-order valence-corrected chi connectivity index (χ3v) is 0.725. The van der Waals surface area contributed by atoms with Crippen molar-refractivity contribution in [1.29, 1.82) is 5.26 Å². The SMILES string of the molecule is CC(C)=C/C=C(\N)C#N. The van der Waals surface area contributed by atoms with Gasteiger partial charge in [0.2, 0.25) is 0 Å². The van der Waals surface area contributed by atoms with Gasteiger partial charge >= 0.3 is 0 Å². The molecule has 48 valence electrons. The summed E-state index contributed by atoms with van der Waals surface area (Å²) in [6.07, 6.45) is 3.40. The highest BCUT2D eigenvalue weighted by Crippen LogP contribution is 1.90. The fourth-order valence-corrected chi connectivity index (χ4v) is 0.294. The number of nitriles is 1. The first-order valence-electron chi connectivity index (χ1n) is 2.67. The van der Waals surface area contributed by atoms with Gasteiger partial charge in [0.05, 0.1) is 0 Å². The highest BCUT2D eigenvalue weighted by molar-refractivity contribution is 5.23. The van der Waals surface area contributed by atoms with Gasteiger partial charge in [-0.15, -0.1) is 0 Å². The molecule has 0 atom stereocenters. The molecule has 0 aromatic heterocycles. The molecule has 0 unspecified atom stereocenters. The molecule has 0 aromatic carbocycles. The number of nitrogens with zero attached hydrogens (tertiary/aromatic N) is 1. The molecule has 0 heterocycles. The van der Waals surface area contributed by atoms with Crippen molar-refractivity contribution in [3.05, 3.63) is 23.4 Å². The van der Waals surface area contributed by atoms with Gasteiger partial charge in [0.15, 0.2) is 0 Å². The molecule has 0 aliphatic heterocycles. The summed E-state index contributed by atoms with van der Waals surface area (Å²) < 4.78 is 0. The van der Waals surface area contributed by atoms with Gasteiger partial charge in [-0.2, -0.15) is 5.26 Å². The maximum Gasteiger partial charge on any atom is 0.117 e. The summed E-state index contributed by atoms with van der Waals surface area (Å²) in [4.78, 5) is 0. The van der Waals surface area contributed by atoms with Gasteiger partial charge < -0.3 is 5.73 Å². The number of hydrogen-bond donors (Lipinski definition) is 1. The Kier molecular flexibility index (Phi) is 3.22. The molecule has 0 bridgehead atoms. The van der Waals surface area contributed by atoms with Crippen molar-refractivity contribution in [2.75, 3.05) is 0 Å². The third kappa shape index (κ3) is 4.63. The summed E-state index contributed by atoms with van der Waals surface area (Å²) in [7, 11) is 0. The van der Waals surface area contributed by atoms with E-state index in [2.05, 4.69) is 0 Å².